The van der Waals surface area contributed by atoms with Crippen LogP contribution in [0.3, 0.4) is 0 Å². The molecule has 0 bridgehead atoms. The molecule has 0 aliphatic carbocycles. The highest BCUT2D eigenvalue weighted by atomic mass is 16.1. The highest BCUT2D eigenvalue weighted by Gasteiger charge is 2.22. The normalized spacial score (nSPS) is 14.3. The van der Waals surface area contributed by atoms with E-state index in [4.69, 9.17) is 11.0 Å². The number of primary amides is 1. The predicted molar refractivity (Wildman–Crippen MR) is 90.9 cm³/mol. The number of rotatable bonds is 3. The number of hydrogen-bond acceptors (Lipinski definition) is 6. The van der Waals surface area contributed by atoms with Gasteiger partial charge >= 0.3 is 0 Å². The molecule has 0 aromatic carbocycles. The van der Waals surface area contributed by atoms with E-state index in [1.54, 1.807) is 18.3 Å². The SMILES string of the molecule is Cc1ccc(N2CCN(c3ncccc3C(N)=O)CC2)nc1C#N. The summed E-state index contributed by atoms with van der Waals surface area (Å²) in [4.78, 5) is 24.5. The number of anilines is 2. The molecule has 0 atom stereocenters. The predicted octanol–water partition coefficient (Wildman–Crippen LogP) is 1.08. The third-order valence-corrected chi connectivity index (χ3v) is 4.14. The zero-order valence-corrected chi connectivity index (χ0v) is 13.4. The van der Waals surface area contributed by atoms with Crippen molar-refractivity contribution in [2.24, 2.45) is 5.73 Å². The molecular weight excluding hydrogens is 304 g/mol. The summed E-state index contributed by atoms with van der Waals surface area (Å²) < 4.78 is 0. The molecule has 2 N–H and O–H groups in total. The summed E-state index contributed by atoms with van der Waals surface area (Å²) in [7, 11) is 0. The monoisotopic (exact) mass is 322 g/mol. The lowest BCUT2D eigenvalue weighted by molar-refractivity contribution is 0.100. The molecule has 0 spiro atoms. The maximum atomic E-state index is 11.6. The molecule has 1 aliphatic heterocycles. The Morgan fingerprint density at radius 2 is 1.92 bits per heavy atom. The first kappa shape index (κ1) is 15.7. The summed E-state index contributed by atoms with van der Waals surface area (Å²) in [6.07, 6.45) is 1.66. The van der Waals surface area contributed by atoms with Crippen LogP contribution in [-0.2, 0) is 0 Å². The topological polar surface area (TPSA) is 99.1 Å². The summed E-state index contributed by atoms with van der Waals surface area (Å²) in [6.45, 7) is 4.74. The number of nitriles is 1. The van der Waals surface area contributed by atoms with Crippen LogP contribution >= 0.6 is 0 Å². The van der Waals surface area contributed by atoms with E-state index in [-0.39, 0.29) is 0 Å². The Morgan fingerprint density at radius 1 is 1.21 bits per heavy atom. The zero-order chi connectivity index (χ0) is 17.1. The largest absolute Gasteiger partial charge is 0.365 e. The number of carbonyl (C=O) groups excluding carboxylic acids is 1. The van der Waals surface area contributed by atoms with Gasteiger partial charge in [0, 0.05) is 32.4 Å². The van der Waals surface area contributed by atoms with Gasteiger partial charge in [0.1, 0.15) is 23.4 Å². The van der Waals surface area contributed by atoms with Crippen molar-refractivity contribution in [1.82, 2.24) is 9.97 Å². The second kappa shape index (κ2) is 6.54. The first-order valence-electron chi connectivity index (χ1n) is 7.72. The third-order valence-electron chi connectivity index (χ3n) is 4.14. The molecule has 122 valence electrons. The second-order valence-corrected chi connectivity index (χ2v) is 5.66. The number of hydrogen-bond donors (Lipinski definition) is 1. The molecule has 1 aliphatic rings. The summed E-state index contributed by atoms with van der Waals surface area (Å²) >= 11 is 0. The molecule has 7 heteroatoms. The molecule has 0 unspecified atom stereocenters. The van der Waals surface area contributed by atoms with Crippen molar-refractivity contribution in [3.8, 4) is 6.07 Å². The van der Waals surface area contributed by atoms with E-state index >= 15 is 0 Å². The minimum absolute atomic E-state index is 0.436. The van der Waals surface area contributed by atoms with Crippen LogP contribution in [0.1, 0.15) is 21.6 Å². The van der Waals surface area contributed by atoms with E-state index in [9.17, 15) is 4.79 Å². The maximum Gasteiger partial charge on any atom is 0.252 e. The average Bonchev–Trinajstić information content (AvgIpc) is 2.62. The van der Waals surface area contributed by atoms with Crippen molar-refractivity contribution in [3.05, 3.63) is 47.3 Å². The van der Waals surface area contributed by atoms with Gasteiger partial charge in [-0.05, 0) is 30.7 Å². The Hall–Kier alpha value is -3.14. The van der Waals surface area contributed by atoms with Crippen molar-refractivity contribution in [3.63, 3.8) is 0 Å². The first-order chi connectivity index (χ1) is 11.6. The van der Waals surface area contributed by atoms with Crippen molar-refractivity contribution >= 4 is 17.5 Å². The van der Waals surface area contributed by atoms with Crippen LogP contribution < -0.4 is 15.5 Å². The van der Waals surface area contributed by atoms with E-state index in [2.05, 4.69) is 25.8 Å². The van der Waals surface area contributed by atoms with Crippen LogP contribution in [0.25, 0.3) is 0 Å². The molecule has 2 aromatic heterocycles. The Labute approximate surface area is 140 Å². The molecule has 1 fully saturated rings. The average molecular weight is 322 g/mol. The van der Waals surface area contributed by atoms with Crippen molar-refractivity contribution in [1.29, 1.82) is 5.26 Å². The maximum absolute atomic E-state index is 11.6. The van der Waals surface area contributed by atoms with Crippen LogP contribution in [0.2, 0.25) is 0 Å². The molecule has 1 saturated heterocycles. The van der Waals surface area contributed by atoms with Crippen LogP contribution in [0.15, 0.2) is 30.5 Å². The lowest BCUT2D eigenvalue weighted by Gasteiger charge is -2.36. The van der Waals surface area contributed by atoms with Crippen LogP contribution in [-0.4, -0.2) is 42.1 Å². The van der Waals surface area contributed by atoms with Crippen molar-refractivity contribution in [2.75, 3.05) is 36.0 Å². The standard InChI is InChI=1S/C17H18N6O/c1-12-4-5-15(21-14(12)11-18)22-7-9-23(10-8-22)17-13(16(19)24)3-2-6-20-17/h2-6H,7-10H2,1H3,(H2,19,24). The minimum atomic E-state index is -0.473. The fourth-order valence-corrected chi connectivity index (χ4v) is 2.80. The van der Waals surface area contributed by atoms with Gasteiger partial charge in [-0.2, -0.15) is 5.26 Å². The van der Waals surface area contributed by atoms with Gasteiger partial charge in [-0.1, -0.05) is 6.07 Å². The van der Waals surface area contributed by atoms with Gasteiger partial charge in [0.15, 0.2) is 0 Å². The van der Waals surface area contributed by atoms with E-state index in [1.807, 2.05) is 19.1 Å². The van der Waals surface area contributed by atoms with Crippen molar-refractivity contribution < 1.29 is 4.79 Å². The Bertz CT molecular complexity index is 805. The number of pyridine rings is 2. The number of nitrogens with zero attached hydrogens (tertiary/aromatic N) is 5. The number of nitrogens with two attached hydrogens (primary N) is 1. The fraction of sp³-hybridized carbons (Fsp3) is 0.294. The van der Waals surface area contributed by atoms with Crippen LogP contribution in [0.5, 0.6) is 0 Å². The number of amides is 1. The molecule has 24 heavy (non-hydrogen) atoms. The van der Waals surface area contributed by atoms with E-state index in [1.165, 1.54) is 0 Å². The summed E-state index contributed by atoms with van der Waals surface area (Å²) in [5.41, 5.74) is 7.19. The van der Waals surface area contributed by atoms with Crippen LogP contribution in [0.4, 0.5) is 11.6 Å². The summed E-state index contributed by atoms with van der Waals surface area (Å²) in [5, 5.41) is 9.12. The molecule has 3 rings (SSSR count). The Morgan fingerprint density at radius 3 is 2.58 bits per heavy atom. The number of aromatic nitrogens is 2. The van der Waals surface area contributed by atoms with E-state index in [0.29, 0.717) is 30.2 Å². The van der Waals surface area contributed by atoms with Gasteiger partial charge in [-0.25, -0.2) is 9.97 Å². The third kappa shape index (κ3) is 2.99. The smallest absolute Gasteiger partial charge is 0.252 e. The van der Waals surface area contributed by atoms with E-state index < -0.39 is 5.91 Å². The first-order valence-corrected chi connectivity index (χ1v) is 7.72. The van der Waals surface area contributed by atoms with Crippen LogP contribution in [0, 0.1) is 18.3 Å². The highest BCUT2D eigenvalue weighted by molar-refractivity contribution is 5.97. The molecule has 1 amide bonds. The molecule has 3 heterocycles. The van der Waals surface area contributed by atoms with Gasteiger partial charge in [0.25, 0.3) is 5.91 Å². The lowest BCUT2D eigenvalue weighted by atomic mass is 10.2. The Kier molecular flexibility index (Phi) is 4.29. The highest BCUT2D eigenvalue weighted by Crippen LogP contribution is 2.21. The number of carbonyl (C=O) groups is 1. The zero-order valence-electron chi connectivity index (χ0n) is 13.4. The Balaban J connectivity index is 1.75. The molecule has 0 radical (unpaired) electrons. The summed E-state index contributed by atoms with van der Waals surface area (Å²) in [6, 6.07) is 9.37. The number of aryl methyl sites for hydroxylation is 1. The number of piperazine rings is 1. The van der Waals surface area contributed by atoms with Gasteiger partial charge < -0.3 is 15.5 Å². The lowest BCUT2D eigenvalue weighted by Crippen LogP contribution is -2.47. The van der Waals surface area contributed by atoms with E-state index in [0.717, 1.165) is 24.5 Å². The fourth-order valence-electron chi connectivity index (χ4n) is 2.80. The molecular formula is C17H18N6O. The molecule has 7 nitrogen and oxygen atoms in total. The van der Waals surface area contributed by atoms with Gasteiger partial charge in [-0.15, -0.1) is 0 Å². The summed E-state index contributed by atoms with van der Waals surface area (Å²) in [5.74, 6) is 0.951. The second-order valence-electron chi connectivity index (χ2n) is 5.66. The van der Waals surface area contributed by atoms with Gasteiger partial charge in [0.05, 0.1) is 5.56 Å². The van der Waals surface area contributed by atoms with Gasteiger partial charge in [0.2, 0.25) is 0 Å². The van der Waals surface area contributed by atoms with Gasteiger partial charge in [-0.3, -0.25) is 4.79 Å². The minimum Gasteiger partial charge on any atom is -0.365 e. The molecule has 2 aromatic rings. The quantitative estimate of drug-likeness (QED) is 0.908. The molecule has 0 saturated carbocycles. The van der Waals surface area contributed by atoms with Crippen molar-refractivity contribution in [2.45, 2.75) is 6.92 Å².